The maximum absolute atomic E-state index is 13.6. The molecule has 8 heteroatoms. The highest BCUT2D eigenvalue weighted by Crippen LogP contribution is 2.37. The van der Waals surface area contributed by atoms with Crippen LogP contribution in [0.4, 0.5) is 20.6 Å². The van der Waals surface area contributed by atoms with Gasteiger partial charge in [0.05, 0.1) is 16.8 Å². The molecule has 166 valence electrons. The number of amides is 2. The van der Waals surface area contributed by atoms with Crippen LogP contribution in [-0.2, 0) is 0 Å². The fourth-order valence-corrected chi connectivity index (χ4v) is 4.51. The number of hydrogen-bond acceptors (Lipinski definition) is 2. The summed E-state index contributed by atoms with van der Waals surface area (Å²) in [6.07, 6.45) is 0. The lowest BCUT2D eigenvalue weighted by Gasteiger charge is -2.43. The van der Waals surface area contributed by atoms with Gasteiger partial charge in [0.1, 0.15) is 5.82 Å². The number of carbonyl (C=O) groups is 1. The van der Waals surface area contributed by atoms with Crippen molar-refractivity contribution in [3.8, 4) is 0 Å². The predicted octanol–water partition coefficient (Wildman–Crippen LogP) is 7.19. The van der Waals surface area contributed by atoms with Crippen LogP contribution in [0.5, 0.6) is 0 Å². The maximum atomic E-state index is 13.6. The molecule has 1 saturated heterocycles. The fraction of sp³-hybridized carbons (Fsp3) is 0.208. The molecule has 0 aliphatic carbocycles. The Morgan fingerprint density at radius 1 is 0.969 bits per heavy atom. The van der Waals surface area contributed by atoms with Crippen molar-refractivity contribution < 1.29 is 9.18 Å². The molecule has 3 aromatic rings. The quantitative estimate of drug-likeness (QED) is 0.420. The first-order valence-corrected chi connectivity index (χ1v) is 11.2. The zero-order chi connectivity index (χ0) is 22.8. The largest absolute Gasteiger partial charge is 0.360 e. The standard InChI is InChI=1S/C24H21Cl3FN3O/c1-15-12-19(7-8-21(15)28)29-24(32)30-10-11-31(22-9-6-18(26)13-20(22)27)23(14-30)16-2-4-17(25)5-3-16/h2-9,12-13,23H,10-11,14H2,1H3,(H,29,32). The summed E-state index contributed by atoms with van der Waals surface area (Å²) in [6.45, 7) is 3.17. The van der Waals surface area contributed by atoms with E-state index in [0.717, 1.165) is 11.3 Å². The molecule has 4 nitrogen and oxygen atoms in total. The predicted molar refractivity (Wildman–Crippen MR) is 130 cm³/mol. The van der Waals surface area contributed by atoms with Gasteiger partial charge < -0.3 is 15.1 Å². The first kappa shape index (κ1) is 22.7. The molecular formula is C24H21Cl3FN3O. The monoisotopic (exact) mass is 491 g/mol. The number of piperazine rings is 1. The molecule has 0 spiro atoms. The second-order valence-corrected chi connectivity index (χ2v) is 8.98. The summed E-state index contributed by atoms with van der Waals surface area (Å²) < 4.78 is 13.6. The van der Waals surface area contributed by atoms with Gasteiger partial charge in [0, 0.05) is 35.4 Å². The molecule has 1 aliphatic heterocycles. The Morgan fingerprint density at radius 2 is 1.69 bits per heavy atom. The van der Waals surface area contributed by atoms with Crippen molar-refractivity contribution >= 4 is 52.2 Å². The average Bonchev–Trinajstić information content (AvgIpc) is 2.77. The summed E-state index contributed by atoms with van der Waals surface area (Å²) in [5.74, 6) is -0.306. The smallest absolute Gasteiger partial charge is 0.321 e. The second kappa shape index (κ2) is 9.57. The third kappa shape index (κ3) is 4.96. The molecule has 0 saturated carbocycles. The highest BCUT2D eigenvalue weighted by atomic mass is 35.5. The molecule has 1 atom stereocenters. The number of nitrogens with one attached hydrogen (secondary N) is 1. The van der Waals surface area contributed by atoms with Crippen molar-refractivity contribution in [3.05, 3.63) is 92.7 Å². The molecule has 1 fully saturated rings. The molecule has 1 N–H and O–H groups in total. The van der Waals surface area contributed by atoms with E-state index >= 15 is 0 Å². The van der Waals surface area contributed by atoms with Crippen LogP contribution >= 0.6 is 34.8 Å². The molecular weight excluding hydrogens is 472 g/mol. The highest BCUT2D eigenvalue weighted by Gasteiger charge is 2.32. The van der Waals surface area contributed by atoms with Gasteiger partial charge in [-0.1, -0.05) is 46.9 Å². The van der Waals surface area contributed by atoms with Crippen molar-refractivity contribution in [1.29, 1.82) is 0 Å². The topological polar surface area (TPSA) is 35.6 Å². The Labute approximate surface area is 201 Å². The molecule has 32 heavy (non-hydrogen) atoms. The molecule has 1 unspecified atom stereocenters. The van der Waals surface area contributed by atoms with Crippen LogP contribution in [0.2, 0.25) is 15.1 Å². The minimum absolute atomic E-state index is 0.139. The summed E-state index contributed by atoms with van der Waals surface area (Å²) in [5.41, 5.74) is 2.89. The fourth-order valence-electron chi connectivity index (χ4n) is 3.87. The minimum atomic E-state index is -0.306. The van der Waals surface area contributed by atoms with Gasteiger partial charge in [-0.2, -0.15) is 0 Å². The lowest BCUT2D eigenvalue weighted by molar-refractivity contribution is 0.198. The van der Waals surface area contributed by atoms with E-state index in [0.29, 0.717) is 46.0 Å². The summed E-state index contributed by atoms with van der Waals surface area (Å²) in [4.78, 5) is 16.9. The summed E-state index contributed by atoms with van der Waals surface area (Å²) in [5, 5.41) is 4.63. The number of rotatable bonds is 3. The van der Waals surface area contributed by atoms with Crippen LogP contribution in [0.15, 0.2) is 60.7 Å². The number of halogens is 4. The third-order valence-electron chi connectivity index (χ3n) is 5.55. The van der Waals surface area contributed by atoms with E-state index in [-0.39, 0.29) is 17.9 Å². The zero-order valence-electron chi connectivity index (χ0n) is 17.3. The molecule has 1 heterocycles. The molecule has 4 rings (SSSR count). The van der Waals surface area contributed by atoms with Crippen molar-refractivity contribution in [2.24, 2.45) is 0 Å². The van der Waals surface area contributed by atoms with Crippen molar-refractivity contribution in [1.82, 2.24) is 4.90 Å². The van der Waals surface area contributed by atoms with Gasteiger partial charge in [0.25, 0.3) is 0 Å². The van der Waals surface area contributed by atoms with Crippen LogP contribution in [-0.4, -0.2) is 30.6 Å². The number of anilines is 2. The van der Waals surface area contributed by atoms with Gasteiger partial charge >= 0.3 is 6.03 Å². The zero-order valence-corrected chi connectivity index (χ0v) is 19.6. The molecule has 3 aromatic carbocycles. The van der Waals surface area contributed by atoms with Crippen LogP contribution in [0, 0.1) is 12.7 Å². The molecule has 0 radical (unpaired) electrons. The Morgan fingerprint density at radius 3 is 2.38 bits per heavy atom. The molecule has 0 bridgehead atoms. The van der Waals surface area contributed by atoms with Crippen molar-refractivity contribution in [3.63, 3.8) is 0 Å². The summed E-state index contributed by atoms with van der Waals surface area (Å²) >= 11 is 18.7. The highest BCUT2D eigenvalue weighted by molar-refractivity contribution is 6.36. The number of benzene rings is 3. The van der Waals surface area contributed by atoms with E-state index in [1.54, 1.807) is 36.1 Å². The first-order valence-electron chi connectivity index (χ1n) is 10.1. The van der Waals surface area contributed by atoms with Gasteiger partial charge in [-0.25, -0.2) is 9.18 Å². The number of urea groups is 1. The number of nitrogens with zero attached hydrogens (tertiary/aromatic N) is 2. The second-order valence-electron chi connectivity index (χ2n) is 7.70. The van der Waals surface area contributed by atoms with Crippen LogP contribution < -0.4 is 10.2 Å². The van der Waals surface area contributed by atoms with Gasteiger partial charge in [0.2, 0.25) is 0 Å². The maximum Gasteiger partial charge on any atom is 0.321 e. The van der Waals surface area contributed by atoms with Gasteiger partial charge in [-0.3, -0.25) is 0 Å². The normalized spacial score (nSPS) is 16.2. The molecule has 1 aliphatic rings. The van der Waals surface area contributed by atoms with E-state index in [2.05, 4.69) is 10.2 Å². The van der Waals surface area contributed by atoms with E-state index in [1.807, 2.05) is 30.3 Å². The van der Waals surface area contributed by atoms with Crippen molar-refractivity contribution in [2.45, 2.75) is 13.0 Å². The Kier molecular flexibility index (Phi) is 6.79. The van der Waals surface area contributed by atoms with E-state index < -0.39 is 0 Å². The summed E-state index contributed by atoms with van der Waals surface area (Å²) in [7, 11) is 0. The number of carbonyl (C=O) groups excluding carboxylic acids is 1. The van der Waals surface area contributed by atoms with Gasteiger partial charge in [-0.05, 0) is 66.6 Å². The number of aryl methyl sites for hydroxylation is 1. The molecule has 0 aromatic heterocycles. The lowest BCUT2D eigenvalue weighted by Crippen LogP contribution is -2.51. The summed E-state index contributed by atoms with van der Waals surface area (Å²) in [6, 6.07) is 17.1. The third-order valence-corrected chi connectivity index (χ3v) is 6.34. The first-order chi connectivity index (χ1) is 15.3. The van der Waals surface area contributed by atoms with Crippen LogP contribution in [0.3, 0.4) is 0 Å². The number of hydrogen-bond donors (Lipinski definition) is 1. The Hall–Kier alpha value is -2.47. The van der Waals surface area contributed by atoms with Gasteiger partial charge in [0.15, 0.2) is 0 Å². The van der Waals surface area contributed by atoms with Gasteiger partial charge in [-0.15, -0.1) is 0 Å². The van der Waals surface area contributed by atoms with E-state index in [1.165, 1.54) is 6.07 Å². The van der Waals surface area contributed by atoms with Crippen molar-refractivity contribution in [2.75, 3.05) is 29.9 Å². The Bertz CT molecular complexity index is 1140. The average molecular weight is 493 g/mol. The van der Waals surface area contributed by atoms with E-state index in [4.69, 9.17) is 34.8 Å². The SMILES string of the molecule is Cc1cc(NC(=O)N2CCN(c3ccc(Cl)cc3Cl)C(c3ccc(Cl)cc3)C2)ccc1F. The van der Waals surface area contributed by atoms with E-state index in [9.17, 15) is 9.18 Å². The Balaban J connectivity index is 1.60. The lowest BCUT2D eigenvalue weighted by atomic mass is 10.0. The van der Waals surface area contributed by atoms with Crippen LogP contribution in [0.1, 0.15) is 17.2 Å². The minimum Gasteiger partial charge on any atom is -0.360 e. The molecule has 2 amide bonds. The van der Waals surface area contributed by atoms with Crippen LogP contribution in [0.25, 0.3) is 0 Å².